The van der Waals surface area contributed by atoms with Gasteiger partial charge in [0.05, 0.1) is 0 Å². The molecule has 4 aliphatic rings. The van der Waals surface area contributed by atoms with Gasteiger partial charge in [-0.2, -0.15) is 0 Å². The van der Waals surface area contributed by atoms with Crippen molar-refractivity contribution in [2.45, 2.75) is 76.3 Å². The molecule has 0 amide bonds. The highest BCUT2D eigenvalue weighted by Gasteiger charge is 2.59. The summed E-state index contributed by atoms with van der Waals surface area (Å²) in [5.74, 6) is 4.15. The number of rotatable bonds is 0. The summed E-state index contributed by atoms with van der Waals surface area (Å²) in [5, 5.41) is 4.11. The second kappa shape index (κ2) is 3.73. The van der Waals surface area contributed by atoms with Gasteiger partial charge in [0.25, 0.3) is 0 Å². The maximum atomic E-state index is 4.11. The van der Waals surface area contributed by atoms with Gasteiger partial charge in [-0.05, 0) is 56.3 Å². The highest BCUT2D eigenvalue weighted by molar-refractivity contribution is 5.15. The highest BCUT2D eigenvalue weighted by Crippen LogP contribution is 2.57. The van der Waals surface area contributed by atoms with Crippen LogP contribution in [0.2, 0.25) is 0 Å². The van der Waals surface area contributed by atoms with E-state index in [1.807, 2.05) is 0 Å². The Morgan fingerprint density at radius 2 is 1.59 bits per heavy atom. The summed E-state index contributed by atoms with van der Waals surface area (Å²) >= 11 is 0. The molecule has 17 heavy (non-hydrogen) atoms. The molecule has 1 heteroatoms. The minimum Gasteiger partial charge on any atom is -0.308 e. The van der Waals surface area contributed by atoms with Gasteiger partial charge in [-0.3, -0.25) is 0 Å². The maximum absolute atomic E-state index is 4.11. The van der Waals surface area contributed by atoms with Crippen molar-refractivity contribution in [2.75, 3.05) is 0 Å². The summed E-state index contributed by atoms with van der Waals surface area (Å²) in [4.78, 5) is 0. The molecule has 2 aliphatic heterocycles. The van der Waals surface area contributed by atoms with Crippen LogP contribution in [0.1, 0.15) is 64.7 Å². The summed E-state index contributed by atoms with van der Waals surface area (Å²) in [6.07, 6.45) is 13.6. The quantitative estimate of drug-likeness (QED) is 0.672. The average Bonchev–Trinajstić information content (AvgIpc) is 2.61. The lowest BCUT2D eigenvalue weighted by molar-refractivity contribution is 0.0543. The first kappa shape index (κ1) is 10.8. The predicted molar refractivity (Wildman–Crippen MR) is 70.8 cm³/mol. The minimum absolute atomic E-state index is 0.527. The molecule has 1 N–H and O–H groups in total. The SMILES string of the molecule is C[C@]12N[C@H](CC3CCCC[C@H]31)C1CCCCC12. The first-order valence-electron chi connectivity index (χ1n) is 8.07. The Bertz CT molecular complexity index is 305. The molecule has 2 saturated carbocycles. The Morgan fingerprint density at radius 3 is 2.47 bits per heavy atom. The molecular formula is C16H27N. The molecule has 6 atom stereocenters. The fourth-order valence-electron chi connectivity index (χ4n) is 6.22. The number of piperidine rings is 1. The van der Waals surface area contributed by atoms with Gasteiger partial charge < -0.3 is 5.32 Å². The van der Waals surface area contributed by atoms with E-state index in [0.29, 0.717) is 5.54 Å². The first-order chi connectivity index (χ1) is 8.29. The third kappa shape index (κ3) is 1.41. The Hall–Kier alpha value is -0.0400. The van der Waals surface area contributed by atoms with Gasteiger partial charge in [0, 0.05) is 11.6 Å². The van der Waals surface area contributed by atoms with E-state index in [4.69, 9.17) is 0 Å². The lowest BCUT2D eigenvalue weighted by Gasteiger charge is -2.49. The lowest BCUT2D eigenvalue weighted by Crippen LogP contribution is -2.57. The summed E-state index contributed by atoms with van der Waals surface area (Å²) < 4.78 is 0. The molecule has 3 unspecified atom stereocenters. The van der Waals surface area contributed by atoms with Crippen molar-refractivity contribution in [1.82, 2.24) is 5.32 Å². The standard InChI is InChI=1S/C16H27N/c1-16-13-8-4-2-6-11(13)10-15(17-16)12-7-3-5-9-14(12)16/h11-15,17H,2-10H2,1H3/t11?,12?,13-,14?,15-,16+/m1/s1. The van der Waals surface area contributed by atoms with Gasteiger partial charge in [-0.25, -0.2) is 0 Å². The van der Waals surface area contributed by atoms with Crippen LogP contribution >= 0.6 is 0 Å². The van der Waals surface area contributed by atoms with E-state index in [9.17, 15) is 0 Å². The van der Waals surface area contributed by atoms with Gasteiger partial charge >= 0.3 is 0 Å². The molecule has 0 aromatic carbocycles. The van der Waals surface area contributed by atoms with Crippen molar-refractivity contribution in [1.29, 1.82) is 0 Å². The first-order valence-corrected chi connectivity index (χ1v) is 8.07. The second-order valence-corrected chi connectivity index (χ2v) is 7.48. The number of nitrogens with one attached hydrogen (secondary N) is 1. The molecule has 0 aromatic heterocycles. The van der Waals surface area contributed by atoms with Gasteiger partial charge in [0.15, 0.2) is 0 Å². The molecule has 0 aromatic rings. The summed E-state index contributed by atoms with van der Waals surface area (Å²) in [5.41, 5.74) is 0.527. The van der Waals surface area contributed by atoms with Crippen molar-refractivity contribution >= 4 is 0 Å². The van der Waals surface area contributed by atoms with E-state index in [0.717, 1.165) is 29.7 Å². The van der Waals surface area contributed by atoms with Crippen LogP contribution in [-0.2, 0) is 0 Å². The average molecular weight is 233 g/mol. The molecule has 96 valence electrons. The van der Waals surface area contributed by atoms with Crippen LogP contribution in [0.3, 0.4) is 0 Å². The number of hydrogen-bond donors (Lipinski definition) is 1. The van der Waals surface area contributed by atoms with Crippen LogP contribution in [0.5, 0.6) is 0 Å². The van der Waals surface area contributed by atoms with Crippen LogP contribution in [0.25, 0.3) is 0 Å². The Morgan fingerprint density at radius 1 is 0.882 bits per heavy atom. The third-order valence-corrected chi connectivity index (χ3v) is 6.84. The Labute approximate surface area is 106 Å². The highest BCUT2D eigenvalue weighted by atomic mass is 15.1. The zero-order chi connectivity index (χ0) is 11.5. The van der Waals surface area contributed by atoms with Crippen LogP contribution in [0, 0.1) is 23.7 Å². The minimum atomic E-state index is 0.527. The van der Waals surface area contributed by atoms with Gasteiger partial charge in [0.1, 0.15) is 0 Å². The predicted octanol–water partition coefficient (Wildman–Crippen LogP) is 3.73. The van der Waals surface area contributed by atoms with Crippen molar-refractivity contribution in [2.24, 2.45) is 23.7 Å². The number of hydrogen-bond acceptors (Lipinski definition) is 1. The molecule has 2 saturated heterocycles. The molecular weight excluding hydrogens is 206 g/mol. The lowest BCUT2D eigenvalue weighted by atomic mass is 9.62. The fraction of sp³-hybridized carbons (Fsp3) is 1.00. The van der Waals surface area contributed by atoms with Crippen molar-refractivity contribution in [3.8, 4) is 0 Å². The monoisotopic (exact) mass is 233 g/mol. The largest absolute Gasteiger partial charge is 0.308 e. The van der Waals surface area contributed by atoms with Crippen LogP contribution in [0.4, 0.5) is 0 Å². The zero-order valence-electron chi connectivity index (χ0n) is 11.3. The van der Waals surface area contributed by atoms with E-state index >= 15 is 0 Å². The summed E-state index contributed by atoms with van der Waals surface area (Å²) in [6, 6.07) is 0.893. The van der Waals surface area contributed by atoms with E-state index in [2.05, 4.69) is 12.2 Å². The van der Waals surface area contributed by atoms with Crippen LogP contribution < -0.4 is 5.32 Å². The molecule has 2 heterocycles. The van der Waals surface area contributed by atoms with Crippen LogP contribution in [-0.4, -0.2) is 11.6 Å². The van der Waals surface area contributed by atoms with Gasteiger partial charge in [-0.1, -0.05) is 32.1 Å². The van der Waals surface area contributed by atoms with Crippen LogP contribution in [0.15, 0.2) is 0 Å². The molecule has 0 radical (unpaired) electrons. The topological polar surface area (TPSA) is 12.0 Å². The molecule has 1 nitrogen and oxygen atoms in total. The molecule has 2 bridgehead atoms. The molecule has 0 spiro atoms. The molecule has 4 fully saturated rings. The molecule has 4 rings (SSSR count). The normalized spacial score (nSPS) is 57.4. The molecule has 2 aliphatic carbocycles. The second-order valence-electron chi connectivity index (χ2n) is 7.48. The van der Waals surface area contributed by atoms with Gasteiger partial charge in [0.2, 0.25) is 0 Å². The smallest absolute Gasteiger partial charge is 0.0218 e. The van der Waals surface area contributed by atoms with E-state index in [-0.39, 0.29) is 0 Å². The fourth-order valence-corrected chi connectivity index (χ4v) is 6.22. The van der Waals surface area contributed by atoms with E-state index < -0.39 is 0 Å². The zero-order valence-corrected chi connectivity index (χ0v) is 11.3. The van der Waals surface area contributed by atoms with Gasteiger partial charge in [-0.15, -0.1) is 0 Å². The number of fused-ring (bicyclic) bond motifs is 7. The van der Waals surface area contributed by atoms with Crippen molar-refractivity contribution in [3.63, 3.8) is 0 Å². The van der Waals surface area contributed by atoms with Crippen molar-refractivity contribution in [3.05, 3.63) is 0 Å². The van der Waals surface area contributed by atoms with E-state index in [1.54, 1.807) is 0 Å². The summed E-state index contributed by atoms with van der Waals surface area (Å²) in [7, 11) is 0. The summed E-state index contributed by atoms with van der Waals surface area (Å²) in [6.45, 7) is 2.60. The maximum Gasteiger partial charge on any atom is 0.0218 e. The third-order valence-electron chi connectivity index (χ3n) is 6.84. The Kier molecular flexibility index (Phi) is 2.38. The Balaban J connectivity index is 1.69. The van der Waals surface area contributed by atoms with E-state index in [1.165, 1.54) is 57.8 Å². The van der Waals surface area contributed by atoms with Crippen molar-refractivity contribution < 1.29 is 0 Å².